The molecule has 44 heavy (non-hydrogen) atoms. The number of hydrogen-bond donors (Lipinski definition) is 3. The molecule has 242 valence electrons. The van der Waals surface area contributed by atoms with Crippen LogP contribution in [0.15, 0.2) is 11.6 Å². The lowest BCUT2D eigenvalue weighted by Crippen LogP contribution is -2.59. The Hall–Kier alpha value is -3.57. The Morgan fingerprint density at radius 3 is 2.32 bits per heavy atom. The number of rotatable bonds is 12. The number of fused-ring (bicyclic) bond motifs is 5. The minimum absolute atomic E-state index is 0.0581. The second kappa shape index (κ2) is 12.8. The lowest BCUT2D eigenvalue weighted by molar-refractivity contribution is -0.191. The molecule has 0 heterocycles. The molecule has 0 unspecified atom stereocenters. The van der Waals surface area contributed by atoms with Gasteiger partial charge in [-0.15, -0.1) is 0 Å². The third-order valence-corrected chi connectivity index (χ3v) is 11.1. The molecule has 0 aromatic carbocycles. The summed E-state index contributed by atoms with van der Waals surface area (Å²) >= 11 is 0. The summed E-state index contributed by atoms with van der Waals surface area (Å²) < 4.78 is 11.1. The van der Waals surface area contributed by atoms with Gasteiger partial charge in [0.05, 0.1) is 6.42 Å². The molecule has 0 aromatic heterocycles. The monoisotopic (exact) mass is 617 g/mol. The van der Waals surface area contributed by atoms with E-state index in [0.717, 1.165) is 25.7 Å². The van der Waals surface area contributed by atoms with E-state index in [0.29, 0.717) is 37.5 Å². The SMILES string of the molecule is CC(=O)O[C@]1(C(=O)COC(=O)CCC(=O)N[C@@H](CCC(=O)O)C(=O)O)CC[C@H]2[C@@H]3CCC4=CC(=O)CC[C@]4(C)[C@H]3CC[C@@]21C. The minimum atomic E-state index is -1.45. The van der Waals surface area contributed by atoms with Crippen LogP contribution in [-0.2, 0) is 43.0 Å². The van der Waals surface area contributed by atoms with E-state index in [-0.39, 0.29) is 23.5 Å². The first-order valence-electron chi connectivity index (χ1n) is 15.5. The van der Waals surface area contributed by atoms with Crippen LogP contribution in [0.5, 0.6) is 0 Å². The van der Waals surface area contributed by atoms with Crippen LogP contribution in [0, 0.1) is 28.6 Å². The van der Waals surface area contributed by atoms with Gasteiger partial charge in [-0.25, -0.2) is 4.79 Å². The number of carboxylic acids is 2. The van der Waals surface area contributed by atoms with Crippen molar-refractivity contribution in [2.24, 2.45) is 28.6 Å². The zero-order valence-corrected chi connectivity index (χ0v) is 25.6. The quantitative estimate of drug-likeness (QED) is 0.273. The van der Waals surface area contributed by atoms with Gasteiger partial charge in [-0.1, -0.05) is 19.4 Å². The predicted molar refractivity (Wildman–Crippen MR) is 153 cm³/mol. The van der Waals surface area contributed by atoms with E-state index in [2.05, 4.69) is 12.2 Å². The Bertz CT molecular complexity index is 1270. The van der Waals surface area contributed by atoms with Gasteiger partial charge in [-0.2, -0.15) is 0 Å². The number of allylic oxidation sites excluding steroid dienone is 1. The topological polar surface area (TPSA) is 190 Å². The van der Waals surface area contributed by atoms with Crippen molar-refractivity contribution in [1.29, 1.82) is 0 Å². The summed E-state index contributed by atoms with van der Waals surface area (Å²) in [6, 6.07) is -1.42. The van der Waals surface area contributed by atoms with Crippen molar-refractivity contribution in [3.63, 3.8) is 0 Å². The first kappa shape index (κ1) is 33.3. The zero-order chi connectivity index (χ0) is 32.4. The molecule has 0 bridgehead atoms. The number of Topliss-reactive ketones (excluding diaryl/α,β-unsaturated/α-hetero) is 1. The predicted octanol–water partition coefficient (Wildman–Crippen LogP) is 3.15. The smallest absolute Gasteiger partial charge is 0.326 e. The summed E-state index contributed by atoms with van der Waals surface area (Å²) in [6.07, 6.45) is 5.82. The highest BCUT2D eigenvalue weighted by Crippen LogP contribution is 2.68. The number of hydrogen-bond acceptors (Lipinski definition) is 9. The van der Waals surface area contributed by atoms with Crippen LogP contribution in [-0.4, -0.2) is 69.8 Å². The lowest BCUT2D eigenvalue weighted by Gasteiger charge is -2.59. The fourth-order valence-electron chi connectivity index (χ4n) is 8.83. The largest absolute Gasteiger partial charge is 0.481 e. The van der Waals surface area contributed by atoms with Crippen LogP contribution in [0.3, 0.4) is 0 Å². The molecule has 0 aliphatic heterocycles. The first-order valence-corrected chi connectivity index (χ1v) is 15.5. The molecule has 0 aromatic rings. The van der Waals surface area contributed by atoms with Crippen molar-refractivity contribution in [3.8, 4) is 0 Å². The van der Waals surface area contributed by atoms with Gasteiger partial charge in [-0.3, -0.25) is 28.8 Å². The Labute approximate surface area is 256 Å². The van der Waals surface area contributed by atoms with Crippen LogP contribution >= 0.6 is 0 Å². The maximum Gasteiger partial charge on any atom is 0.326 e. The molecule has 3 N–H and O–H groups in total. The molecule has 3 saturated carbocycles. The van der Waals surface area contributed by atoms with Gasteiger partial charge in [-0.05, 0) is 80.6 Å². The highest BCUT2D eigenvalue weighted by molar-refractivity contribution is 5.94. The van der Waals surface area contributed by atoms with Crippen LogP contribution in [0.1, 0.15) is 97.8 Å². The first-order chi connectivity index (χ1) is 20.6. The van der Waals surface area contributed by atoms with Crippen LogP contribution in [0.4, 0.5) is 0 Å². The molecule has 3 fully saturated rings. The molecular weight excluding hydrogens is 574 g/mol. The highest BCUT2D eigenvalue weighted by Gasteiger charge is 2.68. The van der Waals surface area contributed by atoms with Gasteiger partial charge in [0.1, 0.15) is 6.04 Å². The molecule has 4 aliphatic rings. The van der Waals surface area contributed by atoms with Gasteiger partial charge in [0.15, 0.2) is 18.0 Å². The Morgan fingerprint density at radius 1 is 0.955 bits per heavy atom. The number of ketones is 2. The number of esters is 2. The minimum Gasteiger partial charge on any atom is -0.481 e. The van der Waals surface area contributed by atoms with Crippen LogP contribution in [0.2, 0.25) is 0 Å². The average molecular weight is 618 g/mol. The third-order valence-electron chi connectivity index (χ3n) is 11.1. The van der Waals surface area contributed by atoms with Gasteiger partial charge >= 0.3 is 23.9 Å². The van der Waals surface area contributed by atoms with E-state index in [1.807, 2.05) is 13.0 Å². The van der Waals surface area contributed by atoms with Gasteiger partial charge in [0.25, 0.3) is 0 Å². The fourth-order valence-corrected chi connectivity index (χ4v) is 8.83. The standard InChI is InChI=1S/C32H43NO11/c1-18(34)44-32(25(36)17-43-28(40)9-7-26(37)33-24(29(41)42)6-8-27(38)39)15-12-23-21-5-4-19-16-20(35)10-13-30(19,2)22(21)11-14-31(23,32)3/h16,21-24H,4-15,17H2,1-3H3,(H,33,37)(H,38,39)(H,41,42)/t21-,22+,23+,24+,30+,31+,32+/m1/s1. The number of carbonyl (C=O) groups excluding carboxylic acids is 5. The summed E-state index contributed by atoms with van der Waals surface area (Å²) in [5, 5.41) is 20.2. The average Bonchev–Trinajstić information content (AvgIpc) is 3.25. The molecule has 0 spiro atoms. The molecule has 4 rings (SSSR count). The van der Waals surface area contributed by atoms with Crippen molar-refractivity contribution >= 4 is 41.4 Å². The molecule has 4 aliphatic carbocycles. The maximum absolute atomic E-state index is 13.8. The van der Waals surface area contributed by atoms with E-state index >= 15 is 0 Å². The Kier molecular flexibility index (Phi) is 9.70. The van der Waals surface area contributed by atoms with Crippen molar-refractivity contribution < 1.29 is 53.2 Å². The molecule has 7 atom stereocenters. The van der Waals surface area contributed by atoms with Crippen LogP contribution in [0.25, 0.3) is 0 Å². The second-order valence-corrected chi connectivity index (χ2v) is 13.4. The number of amides is 1. The van der Waals surface area contributed by atoms with E-state index < -0.39 is 78.5 Å². The van der Waals surface area contributed by atoms with E-state index in [1.54, 1.807) is 0 Å². The zero-order valence-electron chi connectivity index (χ0n) is 25.6. The third kappa shape index (κ3) is 6.30. The molecule has 1 amide bonds. The van der Waals surface area contributed by atoms with E-state index in [1.165, 1.54) is 12.5 Å². The molecule has 12 nitrogen and oxygen atoms in total. The molecule has 12 heteroatoms. The fraction of sp³-hybridized carbons (Fsp3) is 0.719. The highest BCUT2D eigenvalue weighted by atomic mass is 16.6. The summed E-state index contributed by atoms with van der Waals surface area (Å²) in [5.41, 5.74) is -0.937. The van der Waals surface area contributed by atoms with Crippen molar-refractivity contribution in [3.05, 3.63) is 11.6 Å². The summed E-state index contributed by atoms with van der Waals surface area (Å²) in [7, 11) is 0. The summed E-state index contributed by atoms with van der Waals surface area (Å²) in [5.74, 6) is -4.34. The number of nitrogens with one attached hydrogen (secondary N) is 1. The lowest BCUT2D eigenvalue weighted by atomic mass is 9.46. The molecule has 0 saturated heterocycles. The van der Waals surface area contributed by atoms with Crippen molar-refractivity contribution in [2.75, 3.05) is 6.61 Å². The number of carbonyl (C=O) groups is 7. The van der Waals surface area contributed by atoms with Crippen LogP contribution < -0.4 is 5.32 Å². The Balaban J connectivity index is 1.40. The number of carboxylic acid groups (broad SMARTS) is 2. The van der Waals surface area contributed by atoms with Crippen molar-refractivity contribution in [1.82, 2.24) is 5.32 Å². The van der Waals surface area contributed by atoms with Gasteiger partial charge in [0.2, 0.25) is 11.7 Å². The normalized spacial score (nSPS) is 33.0. The molecular formula is C32H43NO11. The number of ether oxygens (including phenoxy) is 2. The van der Waals surface area contributed by atoms with Gasteiger partial charge < -0.3 is 25.0 Å². The van der Waals surface area contributed by atoms with E-state index in [4.69, 9.17) is 14.6 Å². The van der Waals surface area contributed by atoms with Crippen molar-refractivity contribution in [2.45, 2.75) is 109 Å². The summed E-state index contributed by atoms with van der Waals surface area (Å²) in [6.45, 7) is 4.91. The maximum atomic E-state index is 13.8. The van der Waals surface area contributed by atoms with Gasteiger partial charge in [0, 0.05) is 31.6 Å². The second-order valence-electron chi connectivity index (χ2n) is 13.4. The van der Waals surface area contributed by atoms with E-state index in [9.17, 15) is 38.7 Å². The number of aliphatic carboxylic acids is 2. The summed E-state index contributed by atoms with van der Waals surface area (Å²) in [4.78, 5) is 85.1. The molecule has 0 radical (unpaired) electrons. The Morgan fingerprint density at radius 2 is 1.66 bits per heavy atom.